The molecule has 0 bridgehead atoms. The summed E-state index contributed by atoms with van der Waals surface area (Å²) in [5.41, 5.74) is 0. The van der Waals surface area contributed by atoms with Gasteiger partial charge in [-0.2, -0.15) is 0 Å². The molecular formula is C12H23NO2. The predicted octanol–water partition coefficient (Wildman–Crippen LogP) is 1.40. The van der Waals surface area contributed by atoms with E-state index in [-0.39, 0.29) is 6.10 Å². The number of hydrogen-bond acceptors (Lipinski definition) is 3. The summed E-state index contributed by atoms with van der Waals surface area (Å²) in [6, 6.07) is 0.364. The molecule has 2 aliphatic rings. The summed E-state index contributed by atoms with van der Waals surface area (Å²) in [4.78, 5) is 2.31. The Hall–Kier alpha value is -0.120. The largest absolute Gasteiger partial charge is 0.391 e. The molecule has 1 saturated heterocycles. The van der Waals surface area contributed by atoms with Gasteiger partial charge in [-0.05, 0) is 32.7 Å². The average Bonchev–Trinajstić information content (AvgIpc) is 2.71. The van der Waals surface area contributed by atoms with Crippen LogP contribution in [0.5, 0.6) is 0 Å². The van der Waals surface area contributed by atoms with Crippen molar-refractivity contribution in [3.63, 3.8) is 0 Å². The number of aliphatic hydroxyl groups excluding tert-OH is 1. The number of ether oxygens (including phenoxy) is 1. The van der Waals surface area contributed by atoms with Gasteiger partial charge in [-0.3, -0.25) is 4.90 Å². The van der Waals surface area contributed by atoms with Crippen LogP contribution in [0, 0.1) is 0 Å². The second-order valence-corrected chi connectivity index (χ2v) is 4.99. The zero-order valence-corrected chi connectivity index (χ0v) is 9.69. The second-order valence-electron chi connectivity index (χ2n) is 4.99. The first-order chi connectivity index (χ1) is 7.27. The fourth-order valence-corrected chi connectivity index (χ4v) is 2.85. The minimum atomic E-state index is -0.120. The zero-order chi connectivity index (χ0) is 10.7. The topological polar surface area (TPSA) is 32.7 Å². The van der Waals surface area contributed by atoms with E-state index in [9.17, 15) is 5.11 Å². The summed E-state index contributed by atoms with van der Waals surface area (Å²) in [7, 11) is 2.13. The molecule has 0 amide bonds. The van der Waals surface area contributed by atoms with Gasteiger partial charge < -0.3 is 9.84 Å². The first-order valence-corrected chi connectivity index (χ1v) is 6.27. The number of rotatable bonds is 3. The van der Waals surface area contributed by atoms with Gasteiger partial charge in [-0.25, -0.2) is 0 Å². The molecular weight excluding hydrogens is 190 g/mol. The molecule has 1 N–H and O–H groups in total. The summed E-state index contributed by atoms with van der Waals surface area (Å²) in [5.74, 6) is 0. The Labute approximate surface area is 92.4 Å². The Morgan fingerprint density at radius 3 is 2.67 bits per heavy atom. The van der Waals surface area contributed by atoms with E-state index in [1.807, 2.05) is 0 Å². The maximum atomic E-state index is 9.93. The van der Waals surface area contributed by atoms with Gasteiger partial charge in [0.15, 0.2) is 0 Å². The Morgan fingerprint density at radius 1 is 1.20 bits per heavy atom. The number of likely N-dealkylation sites (N-methyl/N-ethyl adjacent to an activating group) is 1. The standard InChI is InChI=1S/C12H23NO2/c1-13(9-10-5-4-8-15-10)11-6-2-3-7-12(11)14/h10-12,14H,2-9H2,1H3/t10?,11-,12-/m0/s1. The highest BCUT2D eigenvalue weighted by Gasteiger charge is 2.28. The van der Waals surface area contributed by atoms with Crippen molar-refractivity contribution in [1.29, 1.82) is 0 Å². The minimum Gasteiger partial charge on any atom is -0.391 e. The van der Waals surface area contributed by atoms with Gasteiger partial charge in [0.25, 0.3) is 0 Å². The average molecular weight is 213 g/mol. The number of aliphatic hydroxyl groups is 1. The quantitative estimate of drug-likeness (QED) is 0.769. The normalized spacial score (nSPS) is 37.4. The Bertz CT molecular complexity index is 192. The minimum absolute atomic E-state index is 0.120. The van der Waals surface area contributed by atoms with E-state index in [0.29, 0.717) is 12.1 Å². The van der Waals surface area contributed by atoms with Gasteiger partial charge in [-0.1, -0.05) is 12.8 Å². The van der Waals surface area contributed by atoms with Crippen LogP contribution in [0.2, 0.25) is 0 Å². The van der Waals surface area contributed by atoms with Crippen LogP contribution in [0.1, 0.15) is 38.5 Å². The van der Waals surface area contributed by atoms with Crippen LogP contribution >= 0.6 is 0 Å². The van der Waals surface area contributed by atoms with E-state index in [1.165, 1.54) is 25.7 Å². The van der Waals surface area contributed by atoms with Crippen molar-refractivity contribution >= 4 is 0 Å². The van der Waals surface area contributed by atoms with Crippen molar-refractivity contribution < 1.29 is 9.84 Å². The maximum Gasteiger partial charge on any atom is 0.0702 e. The van der Waals surface area contributed by atoms with E-state index in [1.54, 1.807) is 0 Å². The highest BCUT2D eigenvalue weighted by molar-refractivity contribution is 4.83. The van der Waals surface area contributed by atoms with Crippen LogP contribution in [-0.4, -0.2) is 48.5 Å². The van der Waals surface area contributed by atoms with Crippen molar-refractivity contribution in [2.75, 3.05) is 20.2 Å². The van der Waals surface area contributed by atoms with E-state index < -0.39 is 0 Å². The number of nitrogens with zero attached hydrogens (tertiary/aromatic N) is 1. The van der Waals surface area contributed by atoms with Crippen molar-refractivity contribution in [3.05, 3.63) is 0 Å². The summed E-state index contributed by atoms with van der Waals surface area (Å²) < 4.78 is 5.63. The van der Waals surface area contributed by atoms with Crippen LogP contribution in [0.3, 0.4) is 0 Å². The fourth-order valence-electron chi connectivity index (χ4n) is 2.85. The SMILES string of the molecule is CN(CC1CCCO1)[C@H]1CCCC[C@@H]1O. The molecule has 1 unspecified atom stereocenters. The molecule has 3 atom stereocenters. The molecule has 2 rings (SSSR count). The lowest BCUT2D eigenvalue weighted by molar-refractivity contribution is 0.00450. The third-order valence-corrected chi connectivity index (χ3v) is 3.78. The smallest absolute Gasteiger partial charge is 0.0702 e. The lowest BCUT2D eigenvalue weighted by Crippen LogP contribution is -2.46. The van der Waals surface area contributed by atoms with E-state index in [0.717, 1.165) is 26.0 Å². The second kappa shape index (κ2) is 5.28. The Kier molecular flexibility index (Phi) is 4.00. The molecule has 88 valence electrons. The highest BCUT2D eigenvalue weighted by Crippen LogP contribution is 2.23. The van der Waals surface area contributed by atoms with Crippen LogP contribution in [0.25, 0.3) is 0 Å². The first kappa shape index (κ1) is 11.4. The van der Waals surface area contributed by atoms with E-state index >= 15 is 0 Å². The van der Waals surface area contributed by atoms with Crippen molar-refractivity contribution in [3.8, 4) is 0 Å². The fraction of sp³-hybridized carbons (Fsp3) is 1.00. The molecule has 0 aromatic carbocycles. The molecule has 15 heavy (non-hydrogen) atoms. The molecule has 1 saturated carbocycles. The summed E-state index contributed by atoms with van der Waals surface area (Å²) in [5, 5.41) is 9.93. The molecule has 0 aromatic rings. The Balaban J connectivity index is 1.80. The Morgan fingerprint density at radius 2 is 2.00 bits per heavy atom. The molecule has 0 spiro atoms. The van der Waals surface area contributed by atoms with Crippen molar-refractivity contribution in [2.24, 2.45) is 0 Å². The lowest BCUT2D eigenvalue weighted by Gasteiger charge is -2.36. The van der Waals surface area contributed by atoms with Crippen LogP contribution in [0.4, 0.5) is 0 Å². The highest BCUT2D eigenvalue weighted by atomic mass is 16.5. The van der Waals surface area contributed by atoms with Gasteiger partial charge in [-0.15, -0.1) is 0 Å². The van der Waals surface area contributed by atoms with E-state index in [4.69, 9.17) is 4.74 Å². The third-order valence-electron chi connectivity index (χ3n) is 3.78. The predicted molar refractivity (Wildman–Crippen MR) is 59.9 cm³/mol. The van der Waals surface area contributed by atoms with Crippen LogP contribution < -0.4 is 0 Å². The van der Waals surface area contributed by atoms with Gasteiger partial charge >= 0.3 is 0 Å². The van der Waals surface area contributed by atoms with Gasteiger partial charge in [0.05, 0.1) is 12.2 Å². The summed E-state index contributed by atoms with van der Waals surface area (Å²) >= 11 is 0. The van der Waals surface area contributed by atoms with Gasteiger partial charge in [0, 0.05) is 19.2 Å². The third kappa shape index (κ3) is 2.92. The molecule has 2 fully saturated rings. The molecule has 0 radical (unpaired) electrons. The lowest BCUT2D eigenvalue weighted by atomic mass is 9.91. The molecule has 1 aliphatic carbocycles. The molecule has 1 aliphatic heterocycles. The maximum absolute atomic E-state index is 9.93. The van der Waals surface area contributed by atoms with Gasteiger partial charge in [0.1, 0.15) is 0 Å². The van der Waals surface area contributed by atoms with Crippen LogP contribution in [0.15, 0.2) is 0 Å². The van der Waals surface area contributed by atoms with Gasteiger partial charge in [0.2, 0.25) is 0 Å². The monoisotopic (exact) mass is 213 g/mol. The van der Waals surface area contributed by atoms with E-state index in [2.05, 4.69) is 11.9 Å². The van der Waals surface area contributed by atoms with Crippen molar-refractivity contribution in [1.82, 2.24) is 4.90 Å². The molecule has 1 heterocycles. The summed E-state index contributed by atoms with van der Waals surface area (Å²) in [6.45, 7) is 1.91. The molecule has 0 aromatic heterocycles. The molecule has 3 nitrogen and oxygen atoms in total. The van der Waals surface area contributed by atoms with Crippen molar-refractivity contribution in [2.45, 2.75) is 56.8 Å². The molecule has 3 heteroatoms. The first-order valence-electron chi connectivity index (χ1n) is 6.27. The number of hydrogen-bond donors (Lipinski definition) is 1. The zero-order valence-electron chi connectivity index (χ0n) is 9.69. The summed E-state index contributed by atoms with van der Waals surface area (Å²) in [6.07, 6.45) is 7.24. The van der Waals surface area contributed by atoms with Crippen LogP contribution in [-0.2, 0) is 4.74 Å².